The van der Waals surface area contributed by atoms with E-state index in [9.17, 15) is 49.2 Å². The van der Waals surface area contributed by atoms with E-state index >= 15 is 0 Å². The number of carbonyl (C=O) groups is 6. The third-order valence-electron chi connectivity index (χ3n) is 11.0. The topological polar surface area (TPSA) is 211 Å². The third kappa shape index (κ3) is 17.8. The fourth-order valence-electron chi connectivity index (χ4n) is 7.64. The Balaban J connectivity index is 0.000000228. The van der Waals surface area contributed by atoms with Crippen LogP contribution in [0.1, 0.15) is 137 Å². The van der Waals surface area contributed by atoms with Crippen LogP contribution in [0.4, 0.5) is 0 Å². The second kappa shape index (κ2) is 27.9. The number of phenolic OH excluding ortho intramolecular Hbond substituents is 4. The molecular formula is C56H63ClO13. The first-order chi connectivity index (χ1) is 33.3. The highest BCUT2D eigenvalue weighted by molar-refractivity contribution is 6.33. The predicted octanol–water partition coefficient (Wildman–Crippen LogP) is 11.0. The van der Waals surface area contributed by atoms with E-state index in [0.717, 1.165) is 60.9 Å². The lowest BCUT2D eigenvalue weighted by atomic mass is 9.95. The van der Waals surface area contributed by atoms with Gasteiger partial charge in [-0.3, -0.25) is 14.4 Å². The van der Waals surface area contributed by atoms with Gasteiger partial charge in [0, 0.05) is 56.2 Å². The molecule has 3 aromatic carbocycles. The quantitative estimate of drug-likeness (QED) is 0.0939. The summed E-state index contributed by atoms with van der Waals surface area (Å²) >= 11 is 6.05. The van der Waals surface area contributed by atoms with Crippen LogP contribution in [0.5, 0.6) is 23.0 Å². The molecule has 0 radical (unpaired) electrons. The van der Waals surface area contributed by atoms with E-state index in [1.165, 1.54) is 18.2 Å². The molecule has 13 nitrogen and oxygen atoms in total. The van der Waals surface area contributed by atoms with Crippen molar-refractivity contribution in [1.82, 2.24) is 0 Å². The van der Waals surface area contributed by atoms with Crippen LogP contribution in [0, 0.1) is 13.8 Å². The zero-order valence-electron chi connectivity index (χ0n) is 40.4. The normalized spacial score (nSPS) is 22.5. The Hall–Kier alpha value is -6.99. The Labute approximate surface area is 414 Å². The van der Waals surface area contributed by atoms with Gasteiger partial charge in [-0.15, -0.1) is 0 Å². The number of ether oxygens (including phenoxy) is 3. The van der Waals surface area contributed by atoms with Crippen molar-refractivity contribution in [2.24, 2.45) is 0 Å². The Kier molecular flexibility index (Phi) is 22.1. The molecule has 0 fully saturated rings. The first-order valence-electron chi connectivity index (χ1n) is 23.4. The summed E-state index contributed by atoms with van der Waals surface area (Å²) in [6.07, 6.45) is 27.4. The van der Waals surface area contributed by atoms with Gasteiger partial charge in [-0.25, -0.2) is 14.4 Å². The summed E-state index contributed by atoms with van der Waals surface area (Å²) < 4.78 is 16.2. The fourth-order valence-corrected chi connectivity index (χ4v) is 7.86. The van der Waals surface area contributed by atoms with Gasteiger partial charge in [-0.05, 0) is 114 Å². The minimum atomic E-state index is -0.779. The molecule has 0 bridgehead atoms. The van der Waals surface area contributed by atoms with E-state index in [0.29, 0.717) is 31.2 Å². The van der Waals surface area contributed by atoms with E-state index in [1.54, 1.807) is 32.1 Å². The molecule has 0 saturated heterocycles. The number of phenols is 4. The lowest BCUT2D eigenvalue weighted by Gasteiger charge is -2.16. The number of ketones is 3. The summed E-state index contributed by atoms with van der Waals surface area (Å²) in [6, 6.07) is 7.20. The number of fused-ring (bicyclic) bond motifs is 3. The molecule has 372 valence electrons. The monoisotopic (exact) mass is 978 g/mol. The highest BCUT2D eigenvalue weighted by Gasteiger charge is 2.27. The Morgan fingerprint density at radius 1 is 0.457 bits per heavy atom. The van der Waals surface area contributed by atoms with Crippen LogP contribution in [0.3, 0.4) is 0 Å². The molecule has 3 unspecified atom stereocenters. The molecule has 0 saturated carbocycles. The molecule has 3 atom stereocenters. The number of allylic oxidation sites excluding steroid dienone is 9. The van der Waals surface area contributed by atoms with Crippen LogP contribution in [-0.2, 0) is 47.9 Å². The van der Waals surface area contributed by atoms with Crippen molar-refractivity contribution >= 4 is 46.9 Å². The smallest absolute Gasteiger partial charge is 0.342 e. The second-order valence-corrected chi connectivity index (χ2v) is 17.7. The standard InChI is InChI=1S/C20H24O3.C18H19ClO5.C18H20O5/c1-14-11-15(2)19-17(12-14)13-18(21)10-8-6-4-5-7-9-16(3)23-20(19)22;1-11-7-5-3-2-4-6-8-12(20)9-13-16(18(23)24-11)14(21)10-15(22)17(13)19;1-12-7-5-3-2-4-6-8-14(19)9-13-10-15(20)11-16(21)17(13)18(22)23-12/h5,7-8,10-12,16H,4,6,9,13H2,1-3H3;3,5-6,8,10-11,21-22H,2,4,7,9H2,1H3;3,5-6,8,10-12,20-21H,2,4,7,9H2,1H3/b7-5+,10-8+;2*5-3+,8-6+. The number of hydrogen-bond acceptors (Lipinski definition) is 13. The molecular weight excluding hydrogens is 916 g/mol. The van der Waals surface area contributed by atoms with Crippen molar-refractivity contribution < 1.29 is 63.4 Å². The largest absolute Gasteiger partial charge is 0.508 e. The summed E-state index contributed by atoms with van der Waals surface area (Å²) in [5, 5.41) is 39.3. The Bertz CT molecular complexity index is 2460. The van der Waals surface area contributed by atoms with Gasteiger partial charge < -0.3 is 34.6 Å². The molecule has 6 rings (SSSR count). The number of rotatable bonds is 0. The molecule has 3 aliphatic heterocycles. The van der Waals surface area contributed by atoms with Gasteiger partial charge >= 0.3 is 17.9 Å². The minimum absolute atomic E-state index is 0.0122. The van der Waals surface area contributed by atoms with Crippen LogP contribution < -0.4 is 0 Å². The van der Waals surface area contributed by atoms with Crippen LogP contribution >= 0.6 is 11.6 Å². The number of carbonyl (C=O) groups excluding carboxylic acids is 6. The van der Waals surface area contributed by atoms with Gasteiger partial charge in [0.25, 0.3) is 0 Å². The van der Waals surface area contributed by atoms with Crippen LogP contribution in [-0.4, -0.2) is 74.0 Å². The van der Waals surface area contributed by atoms with E-state index in [1.807, 2.05) is 69.4 Å². The molecule has 14 heteroatoms. The molecule has 70 heavy (non-hydrogen) atoms. The molecule has 3 heterocycles. The van der Waals surface area contributed by atoms with Crippen molar-refractivity contribution in [2.75, 3.05) is 0 Å². The minimum Gasteiger partial charge on any atom is -0.508 e. The third-order valence-corrected chi connectivity index (χ3v) is 11.4. The van der Waals surface area contributed by atoms with Crippen LogP contribution in [0.15, 0.2) is 103 Å². The highest BCUT2D eigenvalue weighted by Crippen LogP contribution is 2.37. The molecule has 3 aromatic rings. The SMILES string of the molecule is CC1C/C=C/CC/C=C/C(=O)Cc2c(Cl)c(O)cc(O)c2C(=O)O1.CC1C/C=C/CC/C=C/C(=O)Cc2cc(O)cc(O)c2C(=O)O1.Cc1cc(C)c2c(c1)CC(=O)/C=C/CC/C=C/CC(C)OC2=O. The molecule has 3 aliphatic rings. The summed E-state index contributed by atoms with van der Waals surface area (Å²) in [7, 11) is 0. The average Bonchev–Trinajstić information content (AvgIpc) is 3.26. The first-order valence-corrected chi connectivity index (χ1v) is 23.8. The number of hydrogen-bond donors (Lipinski definition) is 4. The lowest BCUT2D eigenvalue weighted by Crippen LogP contribution is -2.18. The summed E-state index contributed by atoms with van der Waals surface area (Å²) in [4.78, 5) is 73.5. The first kappa shape index (κ1) is 55.6. The maximum atomic E-state index is 12.5. The fraction of sp³-hybridized carbons (Fsp3) is 0.357. The van der Waals surface area contributed by atoms with Gasteiger partial charge in [0.05, 0.1) is 10.6 Å². The van der Waals surface area contributed by atoms with Crippen molar-refractivity contribution in [3.05, 3.63) is 153 Å². The number of benzene rings is 3. The van der Waals surface area contributed by atoms with Crippen molar-refractivity contribution in [2.45, 2.75) is 130 Å². The Morgan fingerprint density at radius 3 is 1.34 bits per heavy atom. The zero-order chi connectivity index (χ0) is 51.3. The van der Waals surface area contributed by atoms with Gasteiger partial charge in [0.15, 0.2) is 17.3 Å². The summed E-state index contributed by atoms with van der Waals surface area (Å²) in [5.74, 6) is -3.77. The number of halogens is 1. The second-order valence-electron chi connectivity index (χ2n) is 17.3. The predicted molar refractivity (Wildman–Crippen MR) is 268 cm³/mol. The Morgan fingerprint density at radius 2 is 0.857 bits per heavy atom. The van der Waals surface area contributed by atoms with E-state index in [2.05, 4.69) is 6.08 Å². The van der Waals surface area contributed by atoms with Gasteiger partial charge in [0.1, 0.15) is 52.4 Å². The number of cyclic esters (lactones) is 3. The number of esters is 3. The average molecular weight is 980 g/mol. The lowest BCUT2D eigenvalue weighted by molar-refractivity contribution is -0.114. The van der Waals surface area contributed by atoms with Gasteiger partial charge in [-0.1, -0.05) is 84.0 Å². The number of aromatic hydroxyl groups is 4. The molecule has 0 spiro atoms. The van der Waals surface area contributed by atoms with Crippen LogP contribution in [0.2, 0.25) is 5.02 Å². The summed E-state index contributed by atoms with van der Waals surface area (Å²) in [5.41, 5.74) is 3.24. The van der Waals surface area contributed by atoms with E-state index in [-0.39, 0.29) is 87.8 Å². The number of aryl methyl sites for hydroxylation is 2. The summed E-state index contributed by atoms with van der Waals surface area (Å²) in [6.45, 7) is 9.25. The van der Waals surface area contributed by atoms with Crippen molar-refractivity contribution in [1.29, 1.82) is 0 Å². The molecule has 4 N–H and O–H groups in total. The molecule has 0 aromatic heterocycles. The molecule has 0 amide bonds. The van der Waals surface area contributed by atoms with E-state index in [4.69, 9.17) is 25.8 Å². The highest BCUT2D eigenvalue weighted by atomic mass is 35.5. The molecule has 0 aliphatic carbocycles. The maximum Gasteiger partial charge on any atom is 0.342 e. The zero-order valence-corrected chi connectivity index (χ0v) is 41.1. The van der Waals surface area contributed by atoms with Gasteiger partial charge in [0.2, 0.25) is 0 Å². The van der Waals surface area contributed by atoms with Crippen LogP contribution in [0.25, 0.3) is 0 Å². The van der Waals surface area contributed by atoms with E-state index < -0.39 is 35.3 Å². The maximum absolute atomic E-state index is 12.5. The van der Waals surface area contributed by atoms with Gasteiger partial charge in [-0.2, -0.15) is 0 Å². The van der Waals surface area contributed by atoms with Crippen molar-refractivity contribution in [3.8, 4) is 23.0 Å². The van der Waals surface area contributed by atoms with Crippen molar-refractivity contribution in [3.63, 3.8) is 0 Å².